The first-order valence-corrected chi connectivity index (χ1v) is 8.79. The molecule has 1 aromatic carbocycles. The number of benzene rings is 1. The third-order valence-electron chi connectivity index (χ3n) is 3.40. The van der Waals surface area contributed by atoms with Crippen molar-refractivity contribution >= 4 is 34.9 Å². The highest BCUT2D eigenvalue weighted by Crippen LogP contribution is 2.13. The summed E-state index contributed by atoms with van der Waals surface area (Å²) in [5.74, 6) is -0.363. The molecule has 5 nitrogen and oxygen atoms in total. The Kier molecular flexibility index (Phi) is 6.50. The molecule has 1 heterocycles. The quantitative estimate of drug-likeness (QED) is 0.666. The van der Waals surface area contributed by atoms with E-state index >= 15 is 0 Å². The summed E-state index contributed by atoms with van der Waals surface area (Å²) in [7, 11) is 0. The summed E-state index contributed by atoms with van der Waals surface area (Å²) in [5.41, 5.74) is 0.860. The summed E-state index contributed by atoms with van der Waals surface area (Å²) in [5, 5.41) is 16.7. The highest BCUT2D eigenvalue weighted by molar-refractivity contribution is 7.10. The molecule has 2 aromatic rings. The molecule has 132 valence electrons. The van der Waals surface area contributed by atoms with E-state index in [4.69, 9.17) is 0 Å². The van der Waals surface area contributed by atoms with Crippen LogP contribution in [0.25, 0.3) is 6.08 Å². The molecule has 0 bridgehead atoms. The number of amides is 2. The predicted molar refractivity (Wildman–Crippen MR) is 101 cm³/mol. The van der Waals surface area contributed by atoms with Crippen LogP contribution < -0.4 is 10.6 Å². The highest BCUT2D eigenvalue weighted by Gasteiger charge is 2.18. The molecule has 1 aromatic heterocycles. The van der Waals surface area contributed by atoms with Crippen LogP contribution in [-0.4, -0.2) is 29.1 Å². The van der Waals surface area contributed by atoms with E-state index in [9.17, 15) is 14.7 Å². The summed E-state index contributed by atoms with van der Waals surface area (Å²) >= 11 is 1.56. The molecule has 0 saturated carbocycles. The molecule has 0 aliphatic carbocycles. The van der Waals surface area contributed by atoms with Gasteiger partial charge in [-0.3, -0.25) is 9.59 Å². The molecule has 0 atom stereocenters. The molecular formula is C19H22N2O3S. The number of anilines is 1. The second kappa shape index (κ2) is 8.60. The minimum atomic E-state index is -0.639. The number of carbonyl (C=O) groups is 2. The molecule has 6 heteroatoms. The highest BCUT2D eigenvalue weighted by atomic mass is 32.1. The van der Waals surface area contributed by atoms with Gasteiger partial charge < -0.3 is 15.7 Å². The molecule has 3 N–H and O–H groups in total. The lowest BCUT2D eigenvalue weighted by molar-refractivity contribution is -0.122. The van der Waals surface area contributed by atoms with Gasteiger partial charge >= 0.3 is 0 Å². The Labute approximate surface area is 151 Å². The zero-order chi connectivity index (χ0) is 18.3. The maximum absolute atomic E-state index is 11.9. The second-order valence-corrected chi connectivity index (χ2v) is 7.28. The van der Waals surface area contributed by atoms with Gasteiger partial charge in [0.1, 0.15) is 0 Å². The molecule has 0 fully saturated rings. The second-order valence-electron chi connectivity index (χ2n) is 6.30. The summed E-state index contributed by atoms with van der Waals surface area (Å²) in [6.07, 6.45) is 3.47. The van der Waals surface area contributed by atoms with E-state index < -0.39 is 5.54 Å². The van der Waals surface area contributed by atoms with E-state index in [-0.39, 0.29) is 24.8 Å². The minimum Gasteiger partial charge on any atom is -0.394 e. The standard InChI is InChI=1S/C19H22N2O3S/c1-19(2,13-22)21-18(24)12-14-5-7-15(8-6-14)20-17(23)10-9-16-4-3-11-25-16/h3-11,22H,12-13H2,1-2H3,(H,20,23)(H,21,24)/b10-9+. The van der Waals surface area contributed by atoms with Gasteiger partial charge in [0.15, 0.2) is 0 Å². The number of aliphatic hydroxyl groups is 1. The topological polar surface area (TPSA) is 78.4 Å². The lowest BCUT2D eigenvalue weighted by Crippen LogP contribution is -2.46. The van der Waals surface area contributed by atoms with Crippen LogP contribution in [-0.2, 0) is 16.0 Å². The molecular weight excluding hydrogens is 336 g/mol. The smallest absolute Gasteiger partial charge is 0.248 e. The van der Waals surface area contributed by atoms with Crippen LogP contribution in [0, 0.1) is 0 Å². The minimum absolute atomic E-state index is 0.122. The fourth-order valence-corrected chi connectivity index (χ4v) is 2.70. The monoisotopic (exact) mass is 358 g/mol. The van der Waals surface area contributed by atoms with Gasteiger partial charge in [-0.1, -0.05) is 18.2 Å². The number of nitrogens with one attached hydrogen (secondary N) is 2. The molecule has 2 rings (SSSR count). The van der Waals surface area contributed by atoms with Gasteiger partial charge in [0, 0.05) is 16.6 Å². The molecule has 0 aliphatic heterocycles. The van der Waals surface area contributed by atoms with Gasteiger partial charge in [-0.2, -0.15) is 0 Å². The van der Waals surface area contributed by atoms with Gasteiger partial charge in [0.05, 0.1) is 18.6 Å². The summed E-state index contributed by atoms with van der Waals surface area (Å²) in [4.78, 5) is 24.8. The van der Waals surface area contributed by atoms with Gasteiger partial charge in [-0.05, 0) is 49.1 Å². The van der Waals surface area contributed by atoms with Crippen molar-refractivity contribution < 1.29 is 14.7 Å². The number of thiophene rings is 1. The Morgan fingerprint density at radius 2 is 1.92 bits per heavy atom. The molecule has 2 amide bonds. The van der Waals surface area contributed by atoms with Gasteiger partial charge in [-0.15, -0.1) is 11.3 Å². The molecule has 0 aliphatic rings. The van der Waals surface area contributed by atoms with Crippen molar-refractivity contribution in [2.45, 2.75) is 25.8 Å². The summed E-state index contributed by atoms with van der Waals surface area (Å²) in [6.45, 7) is 3.39. The average molecular weight is 358 g/mol. The first-order valence-electron chi connectivity index (χ1n) is 7.91. The van der Waals surface area contributed by atoms with Crippen LogP contribution in [0.1, 0.15) is 24.3 Å². The first kappa shape index (κ1) is 18.9. The predicted octanol–water partition coefficient (Wildman–Crippen LogP) is 2.83. The van der Waals surface area contributed by atoms with E-state index in [0.29, 0.717) is 5.69 Å². The van der Waals surface area contributed by atoms with Crippen molar-refractivity contribution in [2.24, 2.45) is 0 Å². The number of rotatable bonds is 7. The fourth-order valence-electron chi connectivity index (χ4n) is 2.08. The lowest BCUT2D eigenvalue weighted by Gasteiger charge is -2.23. The Morgan fingerprint density at radius 3 is 2.52 bits per heavy atom. The van der Waals surface area contributed by atoms with Crippen molar-refractivity contribution in [3.63, 3.8) is 0 Å². The molecule has 25 heavy (non-hydrogen) atoms. The fraction of sp³-hybridized carbons (Fsp3) is 0.263. The Morgan fingerprint density at radius 1 is 1.20 bits per heavy atom. The SMILES string of the molecule is CC(C)(CO)NC(=O)Cc1ccc(NC(=O)/C=C/c2cccs2)cc1. The third-order valence-corrected chi connectivity index (χ3v) is 4.24. The van der Waals surface area contributed by atoms with Crippen molar-refractivity contribution in [3.8, 4) is 0 Å². The van der Waals surface area contributed by atoms with Gasteiger partial charge in [-0.25, -0.2) is 0 Å². The maximum atomic E-state index is 11.9. The van der Waals surface area contributed by atoms with Crippen LogP contribution in [0.15, 0.2) is 47.9 Å². The number of hydrogen-bond acceptors (Lipinski definition) is 4. The maximum Gasteiger partial charge on any atom is 0.248 e. The normalized spacial score (nSPS) is 11.5. The van der Waals surface area contributed by atoms with Crippen LogP contribution in [0.2, 0.25) is 0 Å². The lowest BCUT2D eigenvalue weighted by atomic mass is 10.1. The Balaban J connectivity index is 1.87. The molecule has 0 saturated heterocycles. The van der Waals surface area contributed by atoms with Gasteiger partial charge in [0.2, 0.25) is 11.8 Å². The zero-order valence-electron chi connectivity index (χ0n) is 14.3. The van der Waals surface area contributed by atoms with Crippen LogP contribution in [0.3, 0.4) is 0 Å². The van der Waals surface area contributed by atoms with Gasteiger partial charge in [0.25, 0.3) is 0 Å². The summed E-state index contributed by atoms with van der Waals surface area (Å²) in [6, 6.07) is 11.0. The van der Waals surface area contributed by atoms with Crippen LogP contribution in [0.5, 0.6) is 0 Å². The number of carbonyl (C=O) groups excluding carboxylic acids is 2. The van der Waals surface area contributed by atoms with E-state index in [1.807, 2.05) is 17.5 Å². The Bertz CT molecular complexity index is 735. The largest absolute Gasteiger partial charge is 0.394 e. The first-order chi connectivity index (χ1) is 11.9. The molecule has 0 radical (unpaired) electrons. The molecule has 0 unspecified atom stereocenters. The van der Waals surface area contributed by atoms with Crippen molar-refractivity contribution in [3.05, 3.63) is 58.3 Å². The van der Waals surface area contributed by atoms with Crippen molar-refractivity contribution in [2.75, 3.05) is 11.9 Å². The third kappa shape index (κ3) is 6.52. The average Bonchev–Trinajstić information content (AvgIpc) is 3.08. The van der Waals surface area contributed by atoms with E-state index in [0.717, 1.165) is 10.4 Å². The van der Waals surface area contributed by atoms with E-state index in [2.05, 4.69) is 10.6 Å². The summed E-state index contributed by atoms with van der Waals surface area (Å²) < 4.78 is 0. The number of hydrogen-bond donors (Lipinski definition) is 3. The van der Waals surface area contributed by atoms with E-state index in [1.54, 1.807) is 55.5 Å². The Hall–Kier alpha value is -2.44. The zero-order valence-corrected chi connectivity index (χ0v) is 15.1. The van der Waals surface area contributed by atoms with E-state index in [1.165, 1.54) is 6.08 Å². The van der Waals surface area contributed by atoms with Crippen molar-refractivity contribution in [1.29, 1.82) is 0 Å². The number of aliphatic hydroxyl groups excluding tert-OH is 1. The van der Waals surface area contributed by atoms with Crippen molar-refractivity contribution in [1.82, 2.24) is 5.32 Å². The molecule has 0 spiro atoms. The van der Waals surface area contributed by atoms with Crippen LogP contribution >= 0.6 is 11.3 Å². The van der Waals surface area contributed by atoms with Crippen LogP contribution in [0.4, 0.5) is 5.69 Å².